The van der Waals surface area contributed by atoms with Crippen LogP contribution in [0, 0.1) is 5.92 Å². The summed E-state index contributed by atoms with van der Waals surface area (Å²) in [4.78, 5) is 5.24. The van der Waals surface area contributed by atoms with Gasteiger partial charge in [0.25, 0.3) is 0 Å². The van der Waals surface area contributed by atoms with Gasteiger partial charge >= 0.3 is 0 Å². The average Bonchev–Trinajstić information content (AvgIpc) is 3.62. The van der Waals surface area contributed by atoms with E-state index in [0.717, 1.165) is 18.5 Å². The SMILES string of the molecule is CC[n+]1c(/C=C/c2ccc(N3CCCC3)cc2)cccc1/C=C/C1CCC(N2CCCC2)CC1. The van der Waals surface area contributed by atoms with Gasteiger partial charge in [0, 0.05) is 49.1 Å². The van der Waals surface area contributed by atoms with E-state index < -0.39 is 0 Å². The first kappa shape index (κ1) is 23.4. The summed E-state index contributed by atoms with van der Waals surface area (Å²) in [5, 5.41) is 0. The lowest BCUT2D eigenvalue weighted by Gasteiger charge is -2.33. The Balaban J connectivity index is 1.22. The Morgan fingerprint density at radius 2 is 1.41 bits per heavy atom. The second kappa shape index (κ2) is 11.4. The minimum absolute atomic E-state index is 0.734. The molecule has 0 radical (unpaired) electrons. The second-order valence-corrected chi connectivity index (χ2v) is 10.4. The summed E-state index contributed by atoms with van der Waals surface area (Å²) in [6, 6.07) is 16.6. The van der Waals surface area contributed by atoms with E-state index in [1.807, 2.05) is 0 Å². The summed E-state index contributed by atoms with van der Waals surface area (Å²) >= 11 is 0. The number of rotatable bonds is 7. The molecule has 3 aliphatic rings. The highest BCUT2D eigenvalue weighted by atomic mass is 15.2. The van der Waals surface area contributed by atoms with Gasteiger partial charge in [0.15, 0.2) is 0 Å². The van der Waals surface area contributed by atoms with Crippen LogP contribution < -0.4 is 9.47 Å². The van der Waals surface area contributed by atoms with Crippen LogP contribution in [0.25, 0.3) is 18.2 Å². The van der Waals surface area contributed by atoms with Gasteiger partial charge in [-0.1, -0.05) is 18.2 Å². The molecule has 1 aliphatic carbocycles. The van der Waals surface area contributed by atoms with Crippen molar-refractivity contribution in [2.24, 2.45) is 5.92 Å². The molecule has 2 aliphatic heterocycles. The smallest absolute Gasteiger partial charge is 0.205 e. The lowest BCUT2D eigenvalue weighted by Crippen LogP contribution is -2.39. The molecule has 5 rings (SSSR count). The van der Waals surface area contributed by atoms with Crippen molar-refractivity contribution in [2.45, 2.75) is 70.9 Å². The highest BCUT2D eigenvalue weighted by Gasteiger charge is 2.26. The largest absolute Gasteiger partial charge is 0.372 e. The molecule has 34 heavy (non-hydrogen) atoms. The number of aromatic nitrogens is 1. The molecule has 1 saturated carbocycles. The van der Waals surface area contributed by atoms with Gasteiger partial charge in [-0.2, -0.15) is 4.57 Å². The number of allylic oxidation sites excluding steroid dienone is 1. The van der Waals surface area contributed by atoms with Crippen LogP contribution in [0.2, 0.25) is 0 Å². The van der Waals surface area contributed by atoms with Gasteiger partial charge < -0.3 is 9.80 Å². The first-order valence-electron chi connectivity index (χ1n) is 13.8. The molecule has 1 aromatic carbocycles. The number of benzene rings is 1. The third-order valence-electron chi connectivity index (χ3n) is 8.22. The Bertz CT molecular complexity index is 970. The molecule has 0 atom stereocenters. The Morgan fingerprint density at radius 1 is 0.765 bits per heavy atom. The fourth-order valence-electron chi connectivity index (χ4n) is 6.18. The molecule has 0 amide bonds. The van der Waals surface area contributed by atoms with Gasteiger partial charge in [-0.15, -0.1) is 0 Å². The van der Waals surface area contributed by atoms with Crippen LogP contribution in [-0.4, -0.2) is 37.1 Å². The number of hydrogen-bond donors (Lipinski definition) is 0. The maximum atomic E-state index is 2.75. The van der Waals surface area contributed by atoms with E-state index in [2.05, 4.69) is 88.1 Å². The molecule has 0 bridgehead atoms. The molecule has 0 N–H and O–H groups in total. The van der Waals surface area contributed by atoms with Crippen molar-refractivity contribution >= 4 is 23.9 Å². The Morgan fingerprint density at radius 3 is 2.09 bits per heavy atom. The number of pyridine rings is 1. The molecule has 3 heteroatoms. The van der Waals surface area contributed by atoms with Gasteiger partial charge in [-0.05, 0) is 107 Å². The minimum atomic E-state index is 0.734. The first-order chi connectivity index (χ1) is 16.8. The molecular formula is C31H42N3+. The summed E-state index contributed by atoms with van der Waals surface area (Å²) in [7, 11) is 0. The fourth-order valence-corrected chi connectivity index (χ4v) is 6.18. The molecule has 0 spiro atoms. The van der Waals surface area contributed by atoms with E-state index in [0.29, 0.717) is 0 Å². The molecule has 3 fully saturated rings. The topological polar surface area (TPSA) is 10.4 Å². The lowest BCUT2D eigenvalue weighted by atomic mass is 9.85. The standard InChI is InChI=1S/C31H42N3/c1-2-34-30(20-14-26-10-16-28(17-11-26)32-22-3-4-23-32)8-7-9-31(34)21-15-27-12-18-29(19-13-27)33-24-5-6-25-33/h7-11,14-17,20-21,27,29H,2-6,12-13,18-19,22-25H2,1H3/q+1/b21-15+. The summed E-state index contributed by atoms with van der Waals surface area (Å²) in [6.07, 6.45) is 20.3. The quantitative estimate of drug-likeness (QED) is 0.444. The number of nitrogens with zero attached hydrogens (tertiary/aromatic N) is 3. The van der Waals surface area contributed by atoms with Crippen molar-refractivity contribution in [3.8, 4) is 0 Å². The Kier molecular flexibility index (Phi) is 7.80. The highest BCUT2D eigenvalue weighted by molar-refractivity contribution is 5.68. The second-order valence-electron chi connectivity index (χ2n) is 10.4. The molecule has 1 aromatic heterocycles. The van der Waals surface area contributed by atoms with Crippen molar-refractivity contribution in [3.63, 3.8) is 0 Å². The van der Waals surface area contributed by atoms with Crippen molar-refractivity contribution in [2.75, 3.05) is 31.1 Å². The zero-order valence-corrected chi connectivity index (χ0v) is 21.0. The molecule has 180 valence electrons. The van der Waals surface area contributed by atoms with Crippen LogP contribution in [0.15, 0.2) is 48.5 Å². The molecule has 2 saturated heterocycles. The normalized spacial score (nSPS) is 24.1. The molecule has 2 aromatic rings. The number of hydrogen-bond acceptors (Lipinski definition) is 2. The summed E-state index contributed by atoms with van der Waals surface area (Å²) in [5.41, 5.74) is 5.21. The summed E-state index contributed by atoms with van der Waals surface area (Å²) in [6.45, 7) is 8.31. The predicted octanol–water partition coefficient (Wildman–Crippen LogP) is 6.43. The molecular weight excluding hydrogens is 414 g/mol. The third kappa shape index (κ3) is 5.63. The van der Waals surface area contributed by atoms with Gasteiger partial charge in [0.05, 0.1) is 0 Å². The van der Waals surface area contributed by atoms with Gasteiger partial charge in [-0.25, -0.2) is 0 Å². The zero-order chi connectivity index (χ0) is 23.2. The van der Waals surface area contributed by atoms with Crippen LogP contribution in [0.4, 0.5) is 5.69 Å². The van der Waals surface area contributed by atoms with Gasteiger partial charge in [0.2, 0.25) is 11.4 Å². The maximum Gasteiger partial charge on any atom is 0.205 e. The highest BCUT2D eigenvalue weighted by Crippen LogP contribution is 2.30. The van der Waals surface area contributed by atoms with E-state index >= 15 is 0 Å². The Labute approximate surface area is 206 Å². The van der Waals surface area contributed by atoms with Gasteiger partial charge in [0.1, 0.15) is 6.54 Å². The van der Waals surface area contributed by atoms with Crippen LogP contribution in [0.1, 0.15) is 75.2 Å². The van der Waals surface area contributed by atoms with Crippen LogP contribution in [0.3, 0.4) is 0 Å². The van der Waals surface area contributed by atoms with E-state index in [9.17, 15) is 0 Å². The lowest BCUT2D eigenvalue weighted by molar-refractivity contribution is -0.696. The predicted molar refractivity (Wildman–Crippen MR) is 145 cm³/mol. The minimum Gasteiger partial charge on any atom is -0.372 e. The number of anilines is 1. The average molecular weight is 457 g/mol. The van der Waals surface area contributed by atoms with E-state index in [-0.39, 0.29) is 0 Å². The van der Waals surface area contributed by atoms with Crippen molar-refractivity contribution in [1.82, 2.24) is 4.90 Å². The summed E-state index contributed by atoms with van der Waals surface area (Å²) < 4.78 is 2.43. The number of likely N-dealkylation sites (tertiary alicyclic amines) is 1. The Hall–Kier alpha value is -2.39. The van der Waals surface area contributed by atoms with E-state index in [1.165, 1.54) is 100 Å². The van der Waals surface area contributed by atoms with Crippen molar-refractivity contribution < 1.29 is 4.57 Å². The molecule has 0 unspecified atom stereocenters. The maximum absolute atomic E-state index is 2.75. The first-order valence-corrected chi connectivity index (χ1v) is 13.8. The van der Waals surface area contributed by atoms with Gasteiger partial charge in [-0.3, -0.25) is 0 Å². The third-order valence-corrected chi connectivity index (χ3v) is 8.22. The monoisotopic (exact) mass is 456 g/mol. The van der Waals surface area contributed by atoms with Crippen LogP contribution in [-0.2, 0) is 6.54 Å². The van der Waals surface area contributed by atoms with E-state index in [1.54, 1.807) is 0 Å². The molecule has 3 heterocycles. The van der Waals surface area contributed by atoms with Crippen molar-refractivity contribution in [1.29, 1.82) is 0 Å². The summed E-state index contributed by atoms with van der Waals surface area (Å²) in [5.74, 6) is 0.734. The van der Waals surface area contributed by atoms with Crippen LogP contribution >= 0.6 is 0 Å². The molecule has 3 nitrogen and oxygen atoms in total. The zero-order valence-electron chi connectivity index (χ0n) is 21.0. The fraction of sp³-hybridized carbons (Fsp3) is 0.516. The van der Waals surface area contributed by atoms with E-state index in [4.69, 9.17) is 0 Å². The van der Waals surface area contributed by atoms with Crippen LogP contribution in [0.5, 0.6) is 0 Å². The van der Waals surface area contributed by atoms with Crippen molar-refractivity contribution in [3.05, 3.63) is 65.5 Å².